The van der Waals surface area contributed by atoms with E-state index in [2.05, 4.69) is 4.99 Å². The normalized spacial score (nSPS) is 15.0. The summed E-state index contributed by atoms with van der Waals surface area (Å²) in [5.74, 6) is 1.08. The highest BCUT2D eigenvalue weighted by atomic mass is 16.6. The second-order valence-corrected chi connectivity index (χ2v) is 6.97. The zero-order valence-electron chi connectivity index (χ0n) is 16.5. The van der Waals surface area contributed by atoms with E-state index in [1.54, 1.807) is 19.3 Å². The molecule has 0 radical (unpaired) electrons. The summed E-state index contributed by atoms with van der Waals surface area (Å²) in [6.45, 7) is 3.89. The van der Waals surface area contributed by atoms with Crippen LogP contribution in [-0.2, 0) is 9.53 Å². The van der Waals surface area contributed by atoms with E-state index >= 15 is 0 Å². The molecule has 5 nitrogen and oxygen atoms in total. The predicted molar refractivity (Wildman–Crippen MR) is 113 cm³/mol. The number of carbonyl (C=O) groups is 1. The van der Waals surface area contributed by atoms with Gasteiger partial charge in [-0.15, -0.1) is 0 Å². The molecule has 1 heterocycles. The van der Waals surface area contributed by atoms with Gasteiger partial charge < -0.3 is 14.2 Å². The molecular formula is C24H21NO4. The lowest BCUT2D eigenvalue weighted by Crippen LogP contribution is -2.07. The first-order chi connectivity index (χ1) is 14.0. The molecule has 0 saturated heterocycles. The number of aliphatic imine (C=N–C) groups is 1. The Bertz CT molecular complexity index is 1140. The molecule has 0 spiro atoms. The predicted octanol–water partition coefficient (Wildman–Crippen LogP) is 4.98. The molecule has 0 amide bonds. The van der Waals surface area contributed by atoms with E-state index in [0.29, 0.717) is 17.4 Å². The van der Waals surface area contributed by atoms with Crippen molar-refractivity contribution >= 4 is 28.7 Å². The maximum absolute atomic E-state index is 12.4. The molecule has 29 heavy (non-hydrogen) atoms. The van der Waals surface area contributed by atoms with Crippen LogP contribution in [0.25, 0.3) is 16.8 Å². The van der Waals surface area contributed by atoms with Gasteiger partial charge in [0.25, 0.3) is 0 Å². The van der Waals surface area contributed by atoms with Crippen LogP contribution in [0.4, 0.5) is 0 Å². The van der Waals surface area contributed by atoms with Crippen LogP contribution in [0.5, 0.6) is 11.5 Å². The highest BCUT2D eigenvalue weighted by molar-refractivity contribution is 6.13. The summed E-state index contributed by atoms with van der Waals surface area (Å²) in [4.78, 5) is 16.8. The van der Waals surface area contributed by atoms with E-state index in [1.165, 1.54) is 0 Å². The van der Waals surface area contributed by atoms with Gasteiger partial charge in [-0.3, -0.25) is 0 Å². The summed E-state index contributed by atoms with van der Waals surface area (Å²) < 4.78 is 16.5. The lowest BCUT2D eigenvalue weighted by atomic mass is 10.1. The van der Waals surface area contributed by atoms with E-state index in [-0.39, 0.29) is 11.8 Å². The summed E-state index contributed by atoms with van der Waals surface area (Å²) in [5, 5.41) is 2.18. The van der Waals surface area contributed by atoms with E-state index in [9.17, 15) is 4.79 Å². The lowest BCUT2D eigenvalue weighted by Gasteiger charge is -2.13. The molecule has 4 rings (SSSR count). The number of esters is 1. The summed E-state index contributed by atoms with van der Waals surface area (Å²) in [5.41, 5.74) is 1.78. The largest absolute Gasteiger partial charge is 0.493 e. The van der Waals surface area contributed by atoms with Gasteiger partial charge in [-0.05, 0) is 60.5 Å². The SMILES string of the molecule is COc1ccc(/C=C2/N=C(c3ccc4ccccc4c3)OC2=O)cc1OC(C)C. The topological polar surface area (TPSA) is 57.1 Å². The van der Waals surface area contributed by atoms with Crippen molar-refractivity contribution in [1.82, 2.24) is 0 Å². The van der Waals surface area contributed by atoms with Gasteiger partial charge in [-0.1, -0.05) is 36.4 Å². The first kappa shape index (κ1) is 18.7. The molecule has 1 aliphatic heterocycles. The van der Waals surface area contributed by atoms with Gasteiger partial charge in [0.05, 0.1) is 13.2 Å². The summed E-state index contributed by atoms with van der Waals surface area (Å²) in [6, 6.07) is 19.3. The highest BCUT2D eigenvalue weighted by Crippen LogP contribution is 2.30. The van der Waals surface area contributed by atoms with Crippen molar-refractivity contribution in [3.63, 3.8) is 0 Å². The van der Waals surface area contributed by atoms with Crippen molar-refractivity contribution in [2.24, 2.45) is 4.99 Å². The van der Waals surface area contributed by atoms with Gasteiger partial charge in [0.2, 0.25) is 5.90 Å². The van der Waals surface area contributed by atoms with E-state index in [0.717, 1.165) is 21.9 Å². The standard InChI is InChI=1S/C24H21NO4/c1-15(2)28-22-13-16(8-11-21(22)27-3)12-20-24(26)29-23(25-20)19-10-9-17-6-4-5-7-18(17)14-19/h4-15H,1-3H3/b20-12+. The zero-order chi connectivity index (χ0) is 20.4. The Hall–Kier alpha value is -3.60. The molecule has 0 atom stereocenters. The van der Waals surface area contributed by atoms with Crippen molar-refractivity contribution < 1.29 is 19.0 Å². The van der Waals surface area contributed by atoms with Crippen LogP contribution < -0.4 is 9.47 Å². The Morgan fingerprint density at radius 3 is 2.52 bits per heavy atom. The minimum atomic E-state index is -0.477. The Kier molecular flexibility index (Phi) is 5.04. The molecule has 0 aliphatic carbocycles. The van der Waals surface area contributed by atoms with Crippen molar-refractivity contribution in [2.75, 3.05) is 7.11 Å². The van der Waals surface area contributed by atoms with E-state index in [1.807, 2.05) is 68.4 Å². The Balaban J connectivity index is 1.67. The van der Waals surface area contributed by atoms with Crippen LogP contribution in [0.1, 0.15) is 25.0 Å². The van der Waals surface area contributed by atoms with Gasteiger partial charge in [0.1, 0.15) is 0 Å². The maximum atomic E-state index is 12.4. The van der Waals surface area contributed by atoms with Crippen molar-refractivity contribution in [3.05, 3.63) is 77.5 Å². The van der Waals surface area contributed by atoms with Crippen LogP contribution in [0.15, 0.2) is 71.4 Å². The summed E-state index contributed by atoms with van der Waals surface area (Å²) in [7, 11) is 1.59. The highest BCUT2D eigenvalue weighted by Gasteiger charge is 2.24. The third kappa shape index (κ3) is 3.99. The Morgan fingerprint density at radius 1 is 0.966 bits per heavy atom. The monoisotopic (exact) mass is 387 g/mol. The van der Waals surface area contributed by atoms with Crippen LogP contribution in [0, 0.1) is 0 Å². The fourth-order valence-corrected chi connectivity index (χ4v) is 3.14. The van der Waals surface area contributed by atoms with Crippen LogP contribution >= 0.6 is 0 Å². The van der Waals surface area contributed by atoms with Crippen molar-refractivity contribution in [2.45, 2.75) is 20.0 Å². The number of fused-ring (bicyclic) bond motifs is 1. The number of rotatable bonds is 5. The van der Waals surface area contributed by atoms with Gasteiger partial charge in [-0.25, -0.2) is 9.79 Å². The molecule has 0 fully saturated rings. The molecule has 0 aromatic heterocycles. The lowest BCUT2D eigenvalue weighted by molar-refractivity contribution is -0.129. The molecule has 0 saturated carbocycles. The van der Waals surface area contributed by atoms with Crippen LogP contribution in [0.3, 0.4) is 0 Å². The third-order valence-electron chi connectivity index (χ3n) is 4.47. The number of cyclic esters (lactones) is 1. The molecule has 0 unspecified atom stereocenters. The third-order valence-corrected chi connectivity index (χ3v) is 4.47. The number of carbonyl (C=O) groups excluding carboxylic acids is 1. The number of nitrogens with zero attached hydrogens (tertiary/aromatic N) is 1. The molecule has 0 N–H and O–H groups in total. The van der Waals surface area contributed by atoms with Gasteiger partial charge in [-0.2, -0.15) is 0 Å². The quantitative estimate of drug-likeness (QED) is 0.458. The molecule has 3 aromatic carbocycles. The fourth-order valence-electron chi connectivity index (χ4n) is 3.14. The number of methoxy groups -OCH3 is 1. The van der Waals surface area contributed by atoms with Gasteiger partial charge in [0, 0.05) is 5.56 Å². The molecule has 3 aromatic rings. The molecular weight excluding hydrogens is 366 g/mol. The number of hydrogen-bond donors (Lipinski definition) is 0. The molecule has 1 aliphatic rings. The van der Waals surface area contributed by atoms with E-state index < -0.39 is 5.97 Å². The van der Waals surface area contributed by atoms with Crippen LogP contribution in [0.2, 0.25) is 0 Å². The Labute approximate surface area is 169 Å². The second-order valence-electron chi connectivity index (χ2n) is 6.97. The summed E-state index contributed by atoms with van der Waals surface area (Å²) >= 11 is 0. The summed E-state index contributed by atoms with van der Waals surface area (Å²) in [6.07, 6.45) is 1.68. The zero-order valence-corrected chi connectivity index (χ0v) is 16.5. The average Bonchev–Trinajstić information content (AvgIpc) is 3.08. The first-order valence-electron chi connectivity index (χ1n) is 9.40. The molecule has 0 bridgehead atoms. The van der Waals surface area contributed by atoms with E-state index in [4.69, 9.17) is 14.2 Å². The maximum Gasteiger partial charge on any atom is 0.363 e. The fraction of sp³-hybridized carbons (Fsp3) is 0.167. The number of ether oxygens (including phenoxy) is 3. The molecule has 146 valence electrons. The average molecular weight is 387 g/mol. The number of benzene rings is 3. The number of hydrogen-bond acceptors (Lipinski definition) is 5. The first-order valence-corrected chi connectivity index (χ1v) is 9.40. The second kappa shape index (κ2) is 7.80. The van der Waals surface area contributed by atoms with Crippen LogP contribution in [-0.4, -0.2) is 25.1 Å². The minimum absolute atomic E-state index is 0.000718. The Morgan fingerprint density at radius 2 is 1.76 bits per heavy atom. The smallest absolute Gasteiger partial charge is 0.363 e. The van der Waals surface area contributed by atoms with Gasteiger partial charge in [0.15, 0.2) is 17.2 Å². The molecule has 5 heteroatoms. The van der Waals surface area contributed by atoms with Crippen molar-refractivity contribution in [3.8, 4) is 11.5 Å². The van der Waals surface area contributed by atoms with Gasteiger partial charge >= 0.3 is 5.97 Å². The van der Waals surface area contributed by atoms with Crippen molar-refractivity contribution in [1.29, 1.82) is 0 Å². The minimum Gasteiger partial charge on any atom is -0.493 e.